The Bertz CT molecular complexity index is 3360. The van der Waals surface area contributed by atoms with E-state index >= 15 is 0 Å². The Morgan fingerprint density at radius 2 is 1.26 bits per heavy atom. The molecule has 0 N–H and O–H groups in total. The molecule has 2 saturated carbocycles. The molecule has 300 valence electrons. The molecule has 2 aromatic heterocycles. The minimum Gasteiger partial charge on any atom is -0.455 e. The standard InChI is InChI=1S/C59H48N2O/c1-2-38-33-41-20-15-21-42(34-38)59(41)51-28-9-12-31-55(51)61-54-30-11-7-24-47(54)50-36-44(37-52(59)57(50)61)60(53-29-10-6-23-45(53)39-17-4-3-5-18-39)43-22-14-19-40(35-43)46-26-16-27-49-48-25-8-13-32-56(48)62-58(46)49/h3-14,16-19,22-32,35-38,41-42H,2,15,20-21,33-34H2,1H3/t38-,41-,42+,59?. The van der Waals surface area contributed by atoms with Gasteiger partial charge in [-0.1, -0.05) is 153 Å². The fourth-order valence-corrected chi connectivity index (χ4v) is 12.8. The summed E-state index contributed by atoms with van der Waals surface area (Å²) in [6.45, 7) is 2.43. The van der Waals surface area contributed by atoms with Crippen molar-refractivity contribution in [3.8, 4) is 27.9 Å². The van der Waals surface area contributed by atoms with E-state index < -0.39 is 0 Å². The molecule has 10 aromatic rings. The van der Waals surface area contributed by atoms with Crippen LogP contribution in [0.5, 0.6) is 0 Å². The quantitative estimate of drug-likeness (QED) is 0.167. The van der Waals surface area contributed by atoms with Crippen LogP contribution in [-0.4, -0.2) is 4.57 Å². The Kier molecular flexibility index (Phi) is 8.01. The lowest BCUT2D eigenvalue weighted by Gasteiger charge is -2.58. The summed E-state index contributed by atoms with van der Waals surface area (Å²) in [5, 5.41) is 4.94. The van der Waals surface area contributed by atoms with E-state index in [9.17, 15) is 0 Å². The first-order chi connectivity index (χ1) is 30.7. The highest BCUT2D eigenvalue weighted by Crippen LogP contribution is 2.64. The molecule has 4 atom stereocenters. The number of nitrogens with zero attached hydrogens (tertiary/aromatic N) is 2. The van der Waals surface area contributed by atoms with E-state index in [-0.39, 0.29) is 5.41 Å². The van der Waals surface area contributed by atoms with Crippen molar-refractivity contribution in [3.05, 3.63) is 193 Å². The van der Waals surface area contributed by atoms with Crippen LogP contribution in [0.15, 0.2) is 186 Å². The summed E-state index contributed by atoms with van der Waals surface area (Å²) in [6.07, 6.45) is 7.74. The monoisotopic (exact) mass is 800 g/mol. The molecule has 3 heterocycles. The molecule has 1 aliphatic heterocycles. The van der Waals surface area contributed by atoms with Crippen LogP contribution in [0.25, 0.3) is 71.7 Å². The summed E-state index contributed by atoms with van der Waals surface area (Å²) in [5.74, 6) is 1.95. The van der Waals surface area contributed by atoms with Crippen molar-refractivity contribution in [2.75, 3.05) is 4.90 Å². The molecule has 1 spiro atoms. The zero-order valence-electron chi connectivity index (χ0n) is 35.1. The second-order valence-electron chi connectivity index (χ2n) is 18.2. The largest absolute Gasteiger partial charge is 0.455 e. The number of benzene rings is 8. The van der Waals surface area contributed by atoms with Gasteiger partial charge in [-0.2, -0.15) is 0 Å². The van der Waals surface area contributed by atoms with Gasteiger partial charge in [0, 0.05) is 49.5 Å². The van der Waals surface area contributed by atoms with Crippen molar-refractivity contribution >= 4 is 60.8 Å². The van der Waals surface area contributed by atoms with Crippen molar-refractivity contribution in [3.63, 3.8) is 0 Å². The molecule has 3 aliphatic rings. The Balaban J connectivity index is 1.12. The number of hydrogen-bond donors (Lipinski definition) is 0. The molecule has 0 radical (unpaired) electrons. The third-order valence-electron chi connectivity index (χ3n) is 15.3. The van der Waals surface area contributed by atoms with E-state index in [1.165, 1.54) is 94.0 Å². The van der Waals surface area contributed by atoms with Crippen LogP contribution >= 0.6 is 0 Å². The third kappa shape index (κ3) is 5.05. The van der Waals surface area contributed by atoms with Crippen LogP contribution in [0.4, 0.5) is 17.1 Å². The van der Waals surface area contributed by atoms with Gasteiger partial charge in [-0.05, 0) is 114 Å². The van der Waals surface area contributed by atoms with Crippen LogP contribution in [0.1, 0.15) is 56.6 Å². The normalized spacial score (nSPS) is 20.3. The maximum absolute atomic E-state index is 6.64. The molecule has 3 nitrogen and oxygen atoms in total. The molecular formula is C59H48N2O. The van der Waals surface area contributed by atoms with E-state index in [2.05, 4.69) is 198 Å². The molecule has 62 heavy (non-hydrogen) atoms. The zero-order chi connectivity index (χ0) is 40.9. The summed E-state index contributed by atoms with van der Waals surface area (Å²) < 4.78 is 9.27. The van der Waals surface area contributed by atoms with E-state index in [4.69, 9.17) is 4.42 Å². The molecule has 3 heteroatoms. The summed E-state index contributed by atoms with van der Waals surface area (Å²) in [5.41, 5.74) is 17.0. The van der Waals surface area contributed by atoms with Gasteiger partial charge in [-0.3, -0.25) is 0 Å². The first-order valence-corrected chi connectivity index (χ1v) is 22.8. The highest BCUT2D eigenvalue weighted by Gasteiger charge is 2.57. The second kappa shape index (κ2) is 13.8. The fraction of sp³-hybridized carbons (Fsp3) is 0.186. The van der Waals surface area contributed by atoms with Crippen molar-refractivity contribution < 1.29 is 4.42 Å². The predicted octanol–water partition coefficient (Wildman–Crippen LogP) is 16.3. The van der Waals surface area contributed by atoms with E-state index in [0.29, 0.717) is 11.8 Å². The SMILES string of the molecule is CC[C@@H]1C[C@H]2CCC[C@@H](C1)C21c2ccccc2-n2c3ccccc3c3cc(N(c4cccc(-c5cccc6c5oc5ccccc56)c4)c4ccccc4-c4ccccc4)cc1c32. The molecule has 0 amide bonds. The van der Waals surface area contributed by atoms with Gasteiger partial charge in [0.05, 0.1) is 22.4 Å². The molecule has 8 aromatic carbocycles. The lowest BCUT2D eigenvalue weighted by Crippen LogP contribution is -2.52. The van der Waals surface area contributed by atoms with Crippen molar-refractivity contribution in [1.29, 1.82) is 0 Å². The molecule has 1 unspecified atom stereocenters. The number of aromatic nitrogens is 1. The van der Waals surface area contributed by atoms with Gasteiger partial charge < -0.3 is 13.9 Å². The number of fused-ring (bicyclic) bond motifs is 8. The lowest BCUT2D eigenvalue weighted by molar-refractivity contribution is 0.0462. The minimum atomic E-state index is -0.0669. The van der Waals surface area contributed by atoms with E-state index in [0.717, 1.165) is 50.4 Å². The number of para-hydroxylation sites is 5. The van der Waals surface area contributed by atoms with Crippen LogP contribution in [0, 0.1) is 17.8 Å². The van der Waals surface area contributed by atoms with Gasteiger partial charge in [0.2, 0.25) is 0 Å². The van der Waals surface area contributed by atoms with Crippen molar-refractivity contribution in [2.24, 2.45) is 17.8 Å². The Labute approximate surface area is 362 Å². The summed E-state index contributed by atoms with van der Waals surface area (Å²) in [6, 6.07) is 67.8. The maximum atomic E-state index is 6.64. The Hall–Kier alpha value is -6.84. The summed E-state index contributed by atoms with van der Waals surface area (Å²) in [4.78, 5) is 2.56. The predicted molar refractivity (Wildman–Crippen MR) is 258 cm³/mol. The van der Waals surface area contributed by atoms with Crippen LogP contribution in [-0.2, 0) is 5.41 Å². The number of furan rings is 1. The van der Waals surface area contributed by atoms with Gasteiger partial charge in [0.25, 0.3) is 0 Å². The average molecular weight is 801 g/mol. The van der Waals surface area contributed by atoms with E-state index in [1.807, 2.05) is 0 Å². The molecule has 2 fully saturated rings. The van der Waals surface area contributed by atoms with Gasteiger partial charge in [0.1, 0.15) is 11.2 Å². The summed E-state index contributed by atoms with van der Waals surface area (Å²) >= 11 is 0. The van der Waals surface area contributed by atoms with Crippen LogP contribution in [0.3, 0.4) is 0 Å². The Morgan fingerprint density at radius 1 is 0.565 bits per heavy atom. The zero-order valence-corrected chi connectivity index (χ0v) is 35.1. The van der Waals surface area contributed by atoms with Gasteiger partial charge in [0.15, 0.2) is 0 Å². The average Bonchev–Trinajstić information content (AvgIpc) is 3.88. The molecule has 2 bridgehead atoms. The second-order valence-corrected chi connectivity index (χ2v) is 18.2. The summed E-state index contributed by atoms with van der Waals surface area (Å²) in [7, 11) is 0. The molecule has 0 saturated heterocycles. The fourth-order valence-electron chi connectivity index (χ4n) is 12.8. The van der Waals surface area contributed by atoms with Gasteiger partial charge >= 0.3 is 0 Å². The van der Waals surface area contributed by atoms with Gasteiger partial charge in [-0.25, -0.2) is 0 Å². The van der Waals surface area contributed by atoms with Gasteiger partial charge in [-0.15, -0.1) is 0 Å². The first-order valence-electron chi connectivity index (χ1n) is 22.8. The van der Waals surface area contributed by atoms with E-state index in [1.54, 1.807) is 0 Å². The molecule has 2 aliphatic carbocycles. The van der Waals surface area contributed by atoms with Crippen LogP contribution < -0.4 is 4.90 Å². The van der Waals surface area contributed by atoms with Crippen molar-refractivity contribution in [2.45, 2.75) is 50.9 Å². The number of anilines is 3. The highest BCUT2D eigenvalue weighted by atomic mass is 16.3. The van der Waals surface area contributed by atoms with Crippen molar-refractivity contribution in [1.82, 2.24) is 4.57 Å². The molecule has 13 rings (SSSR count). The Morgan fingerprint density at radius 3 is 2.13 bits per heavy atom. The van der Waals surface area contributed by atoms with Crippen LogP contribution in [0.2, 0.25) is 0 Å². The highest BCUT2D eigenvalue weighted by molar-refractivity contribution is 6.14. The maximum Gasteiger partial charge on any atom is 0.143 e. The molecular weight excluding hydrogens is 753 g/mol. The third-order valence-corrected chi connectivity index (χ3v) is 15.3. The number of hydrogen-bond acceptors (Lipinski definition) is 2. The lowest BCUT2D eigenvalue weighted by atomic mass is 9.47. The topological polar surface area (TPSA) is 21.3 Å². The smallest absolute Gasteiger partial charge is 0.143 e. The number of rotatable bonds is 6. The first kappa shape index (κ1) is 35.9. The minimum absolute atomic E-state index is 0.0669.